The highest BCUT2D eigenvalue weighted by Crippen LogP contribution is 2.25. The molecule has 0 unspecified atom stereocenters. The number of nitrogen functional groups attached to an aromatic ring is 1. The molecule has 0 amide bonds. The molecule has 3 N–H and O–H groups in total. The predicted octanol–water partition coefficient (Wildman–Crippen LogP) is 2.83. The molecule has 0 aliphatic heterocycles. The van der Waals surface area contributed by atoms with Gasteiger partial charge in [0.25, 0.3) is 10.0 Å². The SMILES string of the molecule is Cc1cc(C)cc(NS(=O)(=O)c2c(N)cccc2F)c1. The van der Waals surface area contributed by atoms with Gasteiger partial charge in [-0.25, -0.2) is 12.8 Å². The molecule has 106 valence electrons. The van der Waals surface area contributed by atoms with Crippen molar-refractivity contribution in [1.29, 1.82) is 0 Å². The van der Waals surface area contributed by atoms with E-state index in [0.717, 1.165) is 17.2 Å². The quantitative estimate of drug-likeness (QED) is 0.855. The van der Waals surface area contributed by atoms with Crippen LogP contribution in [0.5, 0.6) is 0 Å². The fraction of sp³-hybridized carbons (Fsp3) is 0.143. The Morgan fingerprint density at radius 3 is 2.25 bits per heavy atom. The Morgan fingerprint density at radius 2 is 1.70 bits per heavy atom. The van der Waals surface area contributed by atoms with Crippen molar-refractivity contribution >= 4 is 21.4 Å². The molecule has 20 heavy (non-hydrogen) atoms. The lowest BCUT2D eigenvalue weighted by atomic mass is 10.1. The van der Waals surface area contributed by atoms with Crippen molar-refractivity contribution in [3.8, 4) is 0 Å². The fourth-order valence-electron chi connectivity index (χ4n) is 2.05. The van der Waals surface area contributed by atoms with Crippen LogP contribution in [-0.2, 0) is 10.0 Å². The maximum atomic E-state index is 13.7. The average molecular weight is 294 g/mol. The van der Waals surface area contributed by atoms with Crippen molar-refractivity contribution in [1.82, 2.24) is 0 Å². The summed E-state index contributed by atoms with van der Waals surface area (Å²) in [6, 6.07) is 9.02. The van der Waals surface area contributed by atoms with Gasteiger partial charge in [-0.05, 0) is 49.2 Å². The topological polar surface area (TPSA) is 72.2 Å². The molecule has 0 aromatic heterocycles. The van der Waals surface area contributed by atoms with E-state index in [1.165, 1.54) is 12.1 Å². The second-order valence-corrected chi connectivity index (χ2v) is 6.26. The summed E-state index contributed by atoms with van der Waals surface area (Å²) in [6.07, 6.45) is 0. The van der Waals surface area contributed by atoms with Gasteiger partial charge in [-0.15, -0.1) is 0 Å². The lowest BCUT2D eigenvalue weighted by Crippen LogP contribution is -2.16. The molecule has 2 rings (SSSR count). The number of anilines is 2. The Balaban J connectivity index is 2.46. The molecule has 0 saturated heterocycles. The second-order valence-electron chi connectivity index (χ2n) is 4.64. The summed E-state index contributed by atoms with van der Waals surface area (Å²) in [7, 11) is -4.06. The summed E-state index contributed by atoms with van der Waals surface area (Å²) >= 11 is 0. The Labute approximate surface area is 117 Å². The van der Waals surface area contributed by atoms with E-state index in [1.807, 2.05) is 19.9 Å². The molecule has 2 aromatic rings. The molecule has 6 heteroatoms. The molecule has 0 saturated carbocycles. The maximum absolute atomic E-state index is 13.7. The summed E-state index contributed by atoms with van der Waals surface area (Å²) in [6.45, 7) is 3.70. The van der Waals surface area contributed by atoms with E-state index in [9.17, 15) is 12.8 Å². The third-order valence-corrected chi connectivity index (χ3v) is 4.21. The highest BCUT2D eigenvalue weighted by Gasteiger charge is 2.22. The number of benzene rings is 2. The van der Waals surface area contributed by atoms with E-state index in [2.05, 4.69) is 4.72 Å². The number of rotatable bonds is 3. The summed E-state index contributed by atoms with van der Waals surface area (Å²) in [5.41, 5.74) is 7.63. The maximum Gasteiger partial charge on any atom is 0.266 e. The zero-order valence-electron chi connectivity index (χ0n) is 11.1. The molecule has 4 nitrogen and oxygen atoms in total. The van der Waals surface area contributed by atoms with Crippen LogP contribution in [0.2, 0.25) is 0 Å². The lowest BCUT2D eigenvalue weighted by molar-refractivity contribution is 0.572. The highest BCUT2D eigenvalue weighted by molar-refractivity contribution is 7.92. The van der Waals surface area contributed by atoms with Crippen molar-refractivity contribution in [2.75, 3.05) is 10.5 Å². The van der Waals surface area contributed by atoms with Gasteiger partial charge in [-0.3, -0.25) is 4.72 Å². The molecule has 2 aromatic carbocycles. The van der Waals surface area contributed by atoms with Crippen molar-refractivity contribution in [2.45, 2.75) is 18.7 Å². The molecule has 0 bridgehead atoms. The second kappa shape index (κ2) is 5.13. The van der Waals surface area contributed by atoms with Crippen LogP contribution >= 0.6 is 0 Å². The van der Waals surface area contributed by atoms with E-state index < -0.39 is 20.7 Å². The summed E-state index contributed by atoms with van der Waals surface area (Å²) in [5, 5.41) is 0. The first-order valence-corrected chi connectivity index (χ1v) is 7.43. The van der Waals surface area contributed by atoms with Crippen LogP contribution < -0.4 is 10.5 Å². The summed E-state index contributed by atoms with van der Waals surface area (Å²) < 4.78 is 40.5. The van der Waals surface area contributed by atoms with Crippen LogP contribution in [0.25, 0.3) is 0 Å². The minimum atomic E-state index is -4.06. The Morgan fingerprint density at radius 1 is 1.10 bits per heavy atom. The number of aryl methyl sites for hydroxylation is 2. The molecule has 0 aliphatic rings. The van der Waals surface area contributed by atoms with Crippen molar-refractivity contribution in [3.63, 3.8) is 0 Å². The number of hydrogen-bond acceptors (Lipinski definition) is 3. The first-order valence-electron chi connectivity index (χ1n) is 5.95. The smallest absolute Gasteiger partial charge is 0.266 e. The molecule has 0 atom stereocenters. The van der Waals surface area contributed by atoms with E-state index >= 15 is 0 Å². The number of nitrogens with two attached hydrogens (primary N) is 1. The molecule has 0 fully saturated rings. The van der Waals surface area contributed by atoms with Crippen LogP contribution in [0.1, 0.15) is 11.1 Å². The minimum absolute atomic E-state index is 0.123. The number of halogens is 1. The van der Waals surface area contributed by atoms with Crippen molar-refractivity contribution in [2.24, 2.45) is 0 Å². The van der Waals surface area contributed by atoms with Gasteiger partial charge in [-0.1, -0.05) is 12.1 Å². The van der Waals surface area contributed by atoms with Crippen LogP contribution in [0.4, 0.5) is 15.8 Å². The van der Waals surface area contributed by atoms with Crippen LogP contribution in [0.3, 0.4) is 0 Å². The van der Waals surface area contributed by atoms with Gasteiger partial charge < -0.3 is 5.73 Å². The first-order chi connectivity index (χ1) is 9.29. The van der Waals surface area contributed by atoms with Gasteiger partial charge in [0.2, 0.25) is 0 Å². The first kappa shape index (κ1) is 14.3. The molecule has 0 aliphatic carbocycles. The van der Waals surface area contributed by atoms with E-state index in [0.29, 0.717) is 5.69 Å². The van der Waals surface area contributed by atoms with Crippen LogP contribution in [0.15, 0.2) is 41.3 Å². The number of sulfonamides is 1. The monoisotopic (exact) mass is 294 g/mol. The minimum Gasteiger partial charge on any atom is -0.398 e. The fourth-order valence-corrected chi connectivity index (χ4v) is 3.28. The largest absolute Gasteiger partial charge is 0.398 e. The third kappa shape index (κ3) is 2.91. The average Bonchev–Trinajstić information content (AvgIpc) is 2.25. The third-order valence-electron chi connectivity index (χ3n) is 2.74. The molecule has 0 spiro atoms. The predicted molar refractivity (Wildman–Crippen MR) is 77.5 cm³/mol. The van der Waals surface area contributed by atoms with Crippen molar-refractivity contribution in [3.05, 3.63) is 53.3 Å². The van der Waals surface area contributed by atoms with Crippen LogP contribution in [-0.4, -0.2) is 8.42 Å². The number of nitrogens with one attached hydrogen (secondary N) is 1. The van der Waals surface area contributed by atoms with Gasteiger partial charge in [0.1, 0.15) is 10.7 Å². The van der Waals surface area contributed by atoms with Gasteiger partial charge >= 0.3 is 0 Å². The summed E-state index contributed by atoms with van der Waals surface area (Å²) in [4.78, 5) is -0.529. The zero-order valence-corrected chi connectivity index (χ0v) is 12.0. The zero-order chi connectivity index (χ0) is 14.9. The van der Waals surface area contributed by atoms with Crippen molar-refractivity contribution < 1.29 is 12.8 Å². The Kier molecular flexibility index (Phi) is 3.67. The van der Waals surface area contributed by atoms with Gasteiger partial charge in [0, 0.05) is 5.69 Å². The highest BCUT2D eigenvalue weighted by atomic mass is 32.2. The van der Waals surface area contributed by atoms with Gasteiger partial charge in [0.15, 0.2) is 0 Å². The molecular formula is C14H15FN2O2S. The lowest BCUT2D eigenvalue weighted by Gasteiger charge is -2.12. The molecule has 0 heterocycles. The standard InChI is InChI=1S/C14H15FN2O2S/c1-9-6-10(2)8-11(7-9)17-20(18,19)14-12(15)4-3-5-13(14)16/h3-8,17H,16H2,1-2H3. The van der Waals surface area contributed by atoms with E-state index in [-0.39, 0.29) is 5.69 Å². The van der Waals surface area contributed by atoms with Gasteiger partial charge in [0.05, 0.1) is 5.69 Å². The van der Waals surface area contributed by atoms with Gasteiger partial charge in [-0.2, -0.15) is 0 Å². The normalized spacial score (nSPS) is 11.3. The van der Waals surface area contributed by atoms with Crippen LogP contribution in [0, 0.1) is 19.7 Å². The summed E-state index contributed by atoms with van der Waals surface area (Å²) in [5.74, 6) is -0.873. The van der Waals surface area contributed by atoms with E-state index in [1.54, 1.807) is 12.1 Å². The Hall–Kier alpha value is -2.08. The Bertz CT molecular complexity index is 717. The molecular weight excluding hydrogens is 279 g/mol. The van der Waals surface area contributed by atoms with E-state index in [4.69, 9.17) is 5.73 Å². The molecule has 0 radical (unpaired) electrons. The number of hydrogen-bond donors (Lipinski definition) is 2.